The standard InChI is InChI=1S/C7H14N2/c1-6(2)4-3-5-7(8)9/h4H,3,5H2,1-2H3,(H3,8,9). The summed E-state index contributed by atoms with van der Waals surface area (Å²) in [6, 6.07) is 0. The predicted molar refractivity (Wildman–Crippen MR) is 40.6 cm³/mol. The summed E-state index contributed by atoms with van der Waals surface area (Å²) < 4.78 is 0. The fourth-order valence-corrected chi connectivity index (χ4v) is 0.516. The van der Waals surface area contributed by atoms with E-state index in [2.05, 4.69) is 6.08 Å². The first-order valence-corrected chi connectivity index (χ1v) is 3.09. The van der Waals surface area contributed by atoms with Gasteiger partial charge in [0.15, 0.2) is 0 Å². The van der Waals surface area contributed by atoms with Crippen LogP contribution in [0.15, 0.2) is 11.6 Å². The van der Waals surface area contributed by atoms with E-state index < -0.39 is 0 Å². The third-order valence-electron chi connectivity index (χ3n) is 0.966. The van der Waals surface area contributed by atoms with Crippen LogP contribution in [0.4, 0.5) is 0 Å². The highest BCUT2D eigenvalue weighted by Gasteiger charge is 1.84. The summed E-state index contributed by atoms with van der Waals surface area (Å²) in [6.07, 6.45) is 3.67. The van der Waals surface area contributed by atoms with Crippen LogP contribution in [0.5, 0.6) is 0 Å². The molecule has 52 valence electrons. The minimum Gasteiger partial charge on any atom is -0.388 e. The first-order chi connectivity index (χ1) is 4.13. The lowest BCUT2D eigenvalue weighted by molar-refractivity contribution is 1.05. The molecule has 0 aromatic rings. The molecule has 0 saturated heterocycles. The second kappa shape index (κ2) is 4.13. The minimum absolute atomic E-state index is 0.271. The van der Waals surface area contributed by atoms with Crippen LogP contribution in [-0.2, 0) is 0 Å². The molecule has 2 nitrogen and oxygen atoms in total. The van der Waals surface area contributed by atoms with E-state index in [9.17, 15) is 0 Å². The van der Waals surface area contributed by atoms with Crippen molar-refractivity contribution in [1.82, 2.24) is 0 Å². The average Bonchev–Trinajstić information content (AvgIpc) is 1.63. The van der Waals surface area contributed by atoms with E-state index in [0.29, 0.717) is 6.42 Å². The number of rotatable bonds is 3. The normalized spacial score (nSPS) is 8.67. The third kappa shape index (κ3) is 7.21. The molecule has 2 heteroatoms. The molecule has 0 aliphatic heterocycles. The van der Waals surface area contributed by atoms with Gasteiger partial charge in [0.25, 0.3) is 0 Å². The molecule has 0 unspecified atom stereocenters. The number of nitrogens with one attached hydrogen (secondary N) is 1. The highest BCUT2D eigenvalue weighted by atomic mass is 14.7. The van der Waals surface area contributed by atoms with E-state index in [1.165, 1.54) is 5.57 Å². The number of amidine groups is 1. The fourth-order valence-electron chi connectivity index (χ4n) is 0.516. The van der Waals surface area contributed by atoms with Gasteiger partial charge in [0.05, 0.1) is 5.84 Å². The smallest absolute Gasteiger partial charge is 0.0908 e. The van der Waals surface area contributed by atoms with Crippen LogP contribution in [0, 0.1) is 5.41 Å². The molecule has 0 aliphatic rings. The van der Waals surface area contributed by atoms with Crippen LogP contribution in [0.25, 0.3) is 0 Å². The second-order valence-corrected chi connectivity index (χ2v) is 2.35. The summed E-state index contributed by atoms with van der Waals surface area (Å²) in [7, 11) is 0. The van der Waals surface area contributed by atoms with Crippen molar-refractivity contribution in [2.75, 3.05) is 0 Å². The lowest BCUT2D eigenvalue weighted by Gasteiger charge is -1.91. The fraction of sp³-hybridized carbons (Fsp3) is 0.571. The Morgan fingerprint density at radius 1 is 1.56 bits per heavy atom. The predicted octanol–water partition coefficient (Wildman–Crippen LogP) is 1.67. The first kappa shape index (κ1) is 8.21. The van der Waals surface area contributed by atoms with Crippen LogP contribution < -0.4 is 5.73 Å². The van der Waals surface area contributed by atoms with E-state index in [0.717, 1.165) is 6.42 Å². The number of allylic oxidation sites excluding steroid dienone is 2. The summed E-state index contributed by atoms with van der Waals surface area (Å²) in [5.41, 5.74) is 6.42. The van der Waals surface area contributed by atoms with Crippen molar-refractivity contribution in [3.63, 3.8) is 0 Å². The summed E-state index contributed by atoms with van der Waals surface area (Å²) in [4.78, 5) is 0. The van der Waals surface area contributed by atoms with E-state index in [4.69, 9.17) is 11.1 Å². The van der Waals surface area contributed by atoms with Gasteiger partial charge in [-0.3, -0.25) is 5.41 Å². The zero-order chi connectivity index (χ0) is 7.28. The first-order valence-electron chi connectivity index (χ1n) is 3.09. The van der Waals surface area contributed by atoms with Gasteiger partial charge in [-0.05, 0) is 20.3 Å². The van der Waals surface area contributed by atoms with Crippen molar-refractivity contribution >= 4 is 5.84 Å². The van der Waals surface area contributed by atoms with E-state index in [1.54, 1.807) is 0 Å². The molecule has 0 heterocycles. The molecule has 0 saturated carbocycles. The van der Waals surface area contributed by atoms with Gasteiger partial charge in [-0.1, -0.05) is 11.6 Å². The van der Waals surface area contributed by atoms with Crippen LogP contribution in [0.2, 0.25) is 0 Å². The van der Waals surface area contributed by atoms with Crippen LogP contribution >= 0.6 is 0 Å². The highest BCUT2D eigenvalue weighted by Crippen LogP contribution is 1.95. The second-order valence-electron chi connectivity index (χ2n) is 2.35. The molecular weight excluding hydrogens is 112 g/mol. The molecule has 0 bridgehead atoms. The Bertz CT molecular complexity index is 121. The Morgan fingerprint density at radius 2 is 2.11 bits per heavy atom. The monoisotopic (exact) mass is 126 g/mol. The van der Waals surface area contributed by atoms with Gasteiger partial charge in [0.1, 0.15) is 0 Å². The Labute approximate surface area is 56.3 Å². The molecule has 0 fully saturated rings. The Balaban J connectivity index is 3.31. The lowest BCUT2D eigenvalue weighted by Crippen LogP contribution is -2.07. The molecule has 0 atom stereocenters. The molecular formula is C7H14N2. The van der Waals surface area contributed by atoms with Crippen molar-refractivity contribution in [3.8, 4) is 0 Å². The zero-order valence-corrected chi connectivity index (χ0v) is 6.07. The Hall–Kier alpha value is -0.790. The quantitative estimate of drug-likeness (QED) is 0.337. The Morgan fingerprint density at radius 3 is 2.44 bits per heavy atom. The van der Waals surface area contributed by atoms with Gasteiger partial charge in [-0.25, -0.2) is 0 Å². The summed E-state index contributed by atoms with van der Waals surface area (Å²) in [5, 5.41) is 6.89. The van der Waals surface area contributed by atoms with Crippen LogP contribution in [0.3, 0.4) is 0 Å². The van der Waals surface area contributed by atoms with Crippen LogP contribution in [-0.4, -0.2) is 5.84 Å². The molecule has 0 spiro atoms. The number of hydrogen-bond acceptors (Lipinski definition) is 1. The van der Waals surface area contributed by atoms with Gasteiger partial charge in [-0.15, -0.1) is 0 Å². The number of hydrogen-bond donors (Lipinski definition) is 2. The van der Waals surface area contributed by atoms with Crippen molar-refractivity contribution in [1.29, 1.82) is 5.41 Å². The van der Waals surface area contributed by atoms with E-state index >= 15 is 0 Å². The molecule has 0 aromatic heterocycles. The minimum atomic E-state index is 0.271. The van der Waals surface area contributed by atoms with Crippen LogP contribution in [0.1, 0.15) is 26.7 Å². The molecule has 0 amide bonds. The lowest BCUT2D eigenvalue weighted by atomic mass is 10.2. The molecule has 0 aliphatic carbocycles. The maximum atomic E-state index is 6.89. The maximum absolute atomic E-state index is 6.89. The average molecular weight is 126 g/mol. The van der Waals surface area contributed by atoms with Gasteiger partial charge in [-0.2, -0.15) is 0 Å². The Kier molecular flexibility index (Phi) is 3.76. The van der Waals surface area contributed by atoms with Crippen molar-refractivity contribution in [3.05, 3.63) is 11.6 Å². The summed E-state index contributed by atoms with van der Waals surface area (Å²) in [6.45, 7) is 4.08. The maximum Gasteiger partial charge on any atom is 0.0908 e. The third-order valence-corrected chi connectivity index (χ3v) is 0.966. The topological polar surface area (TPSA) is 49.9 Å². The van der Waals surface area contributed by atoms with Crippen molar-refractivity contribution < 1.29 is 0 Å². The van der Waals surface area contributed by atoms with Gasteiger partial charge >= 0.3 is 0 Å². The van der Waals surface area contributed by atoms with Crippen molar-refractivity contribution in [2.24, 2.45) is 5.73 Å². The van der Waals surface area contributed by atoms with E-state index in [-0.39, 0.29) is 5.84 Å². The molecule has 3 N–H and O–H groups in total. The summed E-state index contributed by atoms with van der Waals surface area (Å²) >= 11 is 0. The molecule has 9 heavy (non-hydrogen) atoms. The molecule has 0 aromatic carbocycles. The number of nitrogens with two attached hydrogens (primary N) is 1. The van der Waals surface area contributed by atoms with Gasteiger partial charge in [0, 0.05) is 6.42 Å². The van der Waals surface area contributed by atoms with Gasteiger partial charge < -0.3 is 5.73 Å². The largest absolute Gasteiger partial charge is 0.388 e. The van der Waals surface area contributed by atoms with Crippen molar-refractivity contribution in [2.45, 2.75) is 26.7 Å². The molecule has 0 radical (unpaired) electrons. The van der Waals surface area contributed by atoms with Gasteiger partial charge in [0.2, 0.25) is 0 Å². The molecule has 0 rings (SSSR count). The zero-order valence-electron chi connectivity index (χ0n) is 6.07. The van der Waals surface area contributed by atoms with E-state index in [1.807, 2.05) is 13.8 Å². The summed E-state index contributed by atoms with van der Waals surface area (Å²) in [5.74, 6) is 0.271. The SMILES string of the molecule is CC(C)=CCCC(=N)N. The highest BCUT2D eigenvalue weighted by molar-refractivity contribution is 5.76.